The van der Waals surface area contributed by atoms with Crippen molar-refractivity contribution in [2.75, 3.05) is 21.5 Å². The Bertz CT molecular complexity index is 735. The van der Waals surface area contributed by atoms with Gasteiger partial charge in [0.2, 0.25) is 10.0 Å². The van der Waals surface area contributed by atoms with Gasteiger partial charge < -0.3 is 16.0 Å². The molecule has 0 aliphatic carbocycles. The van der Waals surface area contributed by atoms with E-state index in [2.05, 4.69) is 15.0 Å². The van der Waals surface area contributed by atoms with Crippen LogP contribution in [0.1, 0.15) is 17.4 Å². The molecule has 7 nitrogen and oxygen atoms in total. The molecule has 0 spiro atoms. The van der Waals surface area contributed by atoms with E-state index in [-0.39, 0.29) is 11.7 Å². The molecule has 1 heterocycles. The minimum absolute atomic E-state index is 0.000264. The van der Waals surface area contributed by atoms with Crippen molar-refractivity contribution in [2.24, 2.45) is 0 Å². The van der Waals surface area contributed by atoms with Crippen molar-refractivity contribution in [3.8, 4) is 0 Å². The number of carbonyl (C=O) groups excluding carboxylic acids is 1. The molecule has 0 atom stereocenters. The monoisotopic (exact) mass is 308 g/mol. The molecule has 2 aromatic rings. The summed E-state index contributed by atoms with van der Waals surface area (Å²) in [7, 11) is -3.30. The Labute approximate surface area is 122 Å². The van der Waals surface area contributed by atoms with Crippen LogP contribution in [0.25, 0.3) is 0 Å². The van der Waals surface area contributed by atoms with Crippen molar-refractivity contribution in [1.29, 1.82) is 0 Å². The van der Waals surface area contributed by atoms with Gasteiger partial charge in [0.25, 0.3) is 5.91 Å². The normalized spacial score (nSPS) is 11.1. The number of sulfonamides is 1. The summed E-state index contributed by atoms with van der Waals surface area (Å²) in [5, 5.41) is 2.67. The van der Waals surface area contributed by atoms with Gasteiger partial charge >= 0.3 is 0 Å². The number of hydrogen-bond donors (Lipinski definition) is 4. The molecule has 8 heteroatoms. The number of benzene rings is 1. The molecule has 21 heavy (non-hydrogen) atoms. The first kappa shape index (κ1) is 14.9. The number of aromatic nitrogens is 1. The highest BCUT2D eigenvalue weighted by Gasteiger charge is 2.09. The van der Waals surface area contributed by atoms with Gasteiger partial charge in [-0.05, 0) is 37.3 Å². The van der Waals surface area contributed by atoms with Gasteiger partial charge in [0, 0.05) is 23.3 Å². The molecule has 0 bridgehead atoms. The van der Waals surface area contributed by atoms with E-state index in [0.717, 1.165) is 0 Å². The smallest absolute Gasteiger partial charge is 0.272 e. The summed E-state index contributed by atoms with van der Waals surface area (Å²) in [6, 6.07) is 7.90. The van der Waals surface area contributed by atoms with E-state index in [0.29, 0.717) is 22.8 Å². The maximum Gasteiger partial charge on any atom is 0.272 e. The zero-order valence-corrected chi connectivity index (χ0v) is 12.2. The van der Waals surface area contributed by atoms with Crippen molar-refractivity contribution in [2.45, 2.75) is 6.92 Å². The van der Waals surface area contributed by atoms with Crippen LogP contribution in [0, 0.1) is 0 Å². The lowest BCUT2D eigenvalue weighted by molar-refractivity contribution is 0.102. The fraction of sp³-hybridized carbons (Fsp3) is 0.154. The minimum Gasteiger partial charge on any atom is -0.397 e. The fourth-order valence-electron chi connectivity index (χ4n) is 1.61. The highest BCUT2D eigenvalue weighted by molar-refractivity contribution is 7.92. The van der Waals surface area contributed by atoms with Gasteiger partial charge in [-0.2, -0.15) is 0 Å². The summed E-state index contributed by atoms with van der Waals surface area (Å²) < 4.78 is 25.3. The maximum atomic E-state index is 11.9. The summed E-state index contributed by atoms with van der Waals surface area (Å²) in [5.74, 6) is -0.326. The molecule has 0 fully saturated rings. The summed E-state index contributed by atoms with van der Waals surface area (Å²) >= 11 is 0. The van der Waals surface area contributed by atoms with Crippen LogP contribution in [-0.4, -0.2) is 25.1 Å². The highest BCUT2D eigenvalue weighted by atomic mass is 32.2. The van der Waals surface area contributed by atoms with E-state index in [9.17, 15) is 13.2 Å². The fourth-order valence-corrected chi connectivity index (χ4v) is 2.25. The highest BCUT2D eigenvalue weighted by Crippen LogP contribution is 2.16. The molecule has 0 radical (unpaired) electrons. The van der Waals surface area contributed by atoms with Crippen LogP contribution in [0.3, 0.4) is 0 Å². The number of anilines is 3. The van der Waals surface area contributed by atoms with Crippen LogP contribution < -0.4 is 15.8 Å². The molecule has 5 N–H and O–H groups in total. The molecule has 112 valence electrons. The summed E-state index contributed by atoms with van der Waals surface area (Å²) in [6.07, 6.45) is 1.53. The van der Waals surface area contributed by atoms with Gasteiger partial charge in [0.15, 0.2) is 0 Å². The van der Waals surface area contributed by atoms with Gasteiger partial charge in [-0.15, -0.1) is 0 Å². The zero-order chi connectivity index (χ0) is 15.5. The largest absolute Gasteiger partial charge is 0.397 e. The van der Waals surface area contributed by atoms with Gasteiger partial charge in [-0.3, -0.25) is 9.52 Å². The second-order valence-corrected chi connectivity index (χ2v) is 6.39. The molecule has 2 rings (SSSR count). The Morgan fingerprint density at radius 1 is 1.24 bits per heavy atom. The third kappa shape index (κ3) is 3.99. The molecule has 0 saturated carbocycles. The number of nitrogens with one attached hydrogen (secondary N) is 3. The first-order valence-electron chi connectivity index (χ1n) is 6.25. The maximum absolute atomic E-state index is 11.9. The quantitative estimate of drug-likeness (QED) is 0.671. The standard InChI is InChI=1S/C13H16N4O3S/c1-2-21(19,20)17-11-5-3-10(4-6-11)16-13(18)12-7-9(14)8-15-12/h3-8,15,17H,2,14H2,1H3,(H,16,18). The molecule has 0 aliphatic heterocycles. The summed E-state index contributed by atoms with van der Waals surface area (Å²) in [6.45, 7) is 1.55. The van der Waals surface area contributed by atoms with Crippen molar-refractivity contribution in [1.82, 2.24) is 4.98 Å². The number of rotatable bonds is 5. The molecule has 0 aliphatic rings. The van der Waals surface area contributed by atoms with Crippen molar-refractivity contribution in [3.63, 3.8) is 0 Å². The van der Waals surface area contributed by atoms with Crippen LogP contribution >= 0.6 is 0 Å². The van der Waals surface area contributed by atoms with Gasteiger partial charge in [-0.1, -0.05) is 0 Å². The van der Waals surface area contributed by atoms with E-state index in [1.807, 2.05) is 0 Å². The summed E-state index contributed by atoms with van der Waals surface area (Å²) in [4.78, 5) is 14.6. The number of H-pyrrole nitrogens is 1. The zero-order valence-electron chi connectivity index (χ0n) is 11.4. The molecule has 0 unspecified atom stereocenters. The van der Waals surface area contributed by atoms with Gasteiger partial charge in [0.05, 0.1) is 5.75 Å². The van der Waals surface area contributed by atoms with Crippen molar-refractivity contribution in [3.05, 3.63) is 42.2 Å². The topological polar surface area (TPSA) is 117 Å². The van der Waals surface area contributed by atoms with Crippen LogP contribution in [0.15, 0.2) is 36.5 Å². The lowest BCUT2D eigenvalue weighted by Gasteiger charge is -2.08. The minimum atomic E-state index is -3.30. The SMILES string of the molecule is CCS(=O)(=O)Nc1ccc(NC(=O)c2cc(N)c[nH]2)cc1. The molecular weight excluding hydrogens is 292 g/mol. The van der Waals surface area contributed by atoms with Crippen LogP contribution in [-0.2, 0) is 10.0 Å². The van der Waals surface area contributed by atoms with E-state index >= 15 is 0 Å². The van der Waals surface area contributed by atoms with Gasteiger partial charge in [0.1, 0.15) is 5.69 Å². The number of nitrogen functional groups attached to an aromatic ring is 1. The number of hydrogen-bond acceptors (Lipinski definition) is 4. The third-order valence-corrected chi connectivity index (χ3v) is 4.05. The second kappa shape index (κ2) is 5.88. The van der Waals surface area contributed by atoms with Crippen molar-refractivity contribution >= 4 is 33.0 Å². The first-order valence-corrected chi connectivity index (χ1v) is 7.90. The third-order valence-electron chi connectivity index (χ3n) is 2.75. The molecule has 0 saturated heterocycles. The van der Waals surface area contributed by atoms with E-state index in [4.69, 9.17) is 5.73 Å². The number of nitrogens with two attached hydrogens (primary N) is 1. The predicted octanol–water partition coefficient (Wildman–Crippen LogP) is 1.61. The van der Waals surface area contributed by atoms with Crippen LogP contribution in [0.4, 0.5) is 17.1 Å². The predicted molar refractivity (Wildman–Crippen MR) is 82.7 cm³/mol. The lowest BCUT2D eigenvalue weighted by atomic mass is 10.3. The Hall–Kier alpha value is -2.48. The van der Waals surface area contributed by atoms with Gasteiger partial charge in [-0.25, -0.2) is 8.42 Å². The average Bonchev–Trinajstić information content (AvgIpc) is 2.87. The lowest BCUT2D eigenvalue weighted by Crippen LogP contribution is -2.15. The van der Waals surface area contributed by atoms with Crippen molar-refractivity contribution < 1.29 is 13.2 Å². The Balaban J connectivity index is 2.04. The first-order chi connectivity index (χ1) is 9.89. The molecular formula is C13H16N4O3S. The van der Waals surface area contributed by atoms with Crippen LogP contribution in [0.5, 0.6) is 0 Å². The Kier molecular flexibility index (Phi) is 4.18. The molecule has 1 amide bonds. The molecule has 1 aromatic heterocycles. The number of aromatic amines is 1. The van der Waals surface area contributed by atoms with E-state index in [1.54, 1.807) is 31.2 Å². The summed E-state index contributed by atoms with van der Waals surface area (Å²) in [5.41, 5.74) is 7.34. The van der Waals surface area contributed by atoms with Crippen LogP contribution in [0.2, 0.25) is 0 Å². The second-order valence-electron chi connectivity index (χ2n) is 4.38. The van der Waals surface area contributed by atoms with E-state index in [1.165, 1.54) is 12.3 Å². The Morgan fingerprint density at radius 2 is 1.86 bits per heavy atom. The average molecular weight is 308 g/mol. The molecule has 1 aromatic carbocycles. The number of carbonyl (C=O) groups is 1. The van der Waals surface area contributed by atoms with E-state index < -0.39 is 10.0 Å². The Morgan fingerprint density at radius 3 is 2.38 bits per heavy atom. The number of amides is 1.